The van der Waals surface area contributed by atoms with Crippen LogP contribution in [-0.2, 0) is 6.42 Å². The van der Waals surface area contributed by atoms with Gasteiger partial charge >= 0.3 is 5.69 Å². The third kappa shape index (κ3) is 5.06. The Morgan fingerprint density at radius 3 is 2.63 bits per heavy atom. The first kappa shape index (κ1) is 23.7. The maximum Gasteiger partial charge on any atom is 0.349 e. The number of rotatable bonds is 9. The molecule has 1 unspecified atom stereocenters. The van der Waals surface area contributed by atoms with E-state index in [1.54, 1.807) is 25.3 Å². The van der Waals surface area contributed by atoms with Gasteiger partial charge in [0.15, 0.2) is 23.1 Å². The largest absolute Gasteiger partial charge is 0.493 e. The van der Waals surface area contributed by atoms with E-state index < -0.39 is 17.4 Å². The number of hydrogen-bond acceptors (Lipinski definition) is 6. The highest BCUT2D eigenvalue weighted by Crippen LogP contribution is 2.34. The van der Waals surface area contributed by atoms with E-state index in [9.17, 15) is 9.18 Å². The molecule has 2 aromatic carbocycles. The zero-order chi connectivity index (χ0) is 24.9. The van der Waals surface area contributed by atoms with Crippen LogP contribution in [0.5, 0.6) is 11.5 Å². The van der Waals surface area contributed by atoms with Crippen molar-refractivity contribution in [3.63, 3.8) is 0 Å². The van der Waals surface area contributed by atoms with Gasteiger partial charge in [0.2, 0.25) is 0 Å². The van der Waals surface area contributed by atoms with E-state index in [4.69, 9.17) is 20.6 Å². The minimum absolute atomic E-state index is 0.0231. The van der Waals surface area contributed by atoms with Crippen molar-refractivity contribution in [1.29, 1.82) is 5.41 Å². The molecule has 0 saturated carbocycles. The van der Waals surface area contributed by atoms with Crippen molar-refractivity contribution in [1.82, 2.24) is 19.7 Å². The third-order valence-corrected chi connectivity index (χ3v) is 5.50. The van der Waals surface area contributed by atoms with Crippen LogP contribution < -0.4 is 20.9 Å². The van der Waals surface area contributed by atoms with Gasteiger partial charge in [0, 0.05) is 17.7 Å². The van der Waals surface area contributed by atoms with Crippen LogP contribution in [0, 0.1) is 11.2 Å². The summed E-state index contributed by atoms with van der Waals surface area (Å²) in [6.07, 6.45) is 1.85. The minimum Gasteiger partial charge on any atom is -0.493 e. The number of nitrogens with one attached hydrogen (secondary N) is 2. The van der Waals surface area contributed by atoms with Crippen LogP contribution in [0.1, 0.15) is 35.4 Å². The standard InChI is InChI=1S/C25H25FN6O3/c1-3-35-21-14-17(10-11-20(21)34-2)18(13-15-6-8-16(9-7-15)22(27)28)23-30-25(33)32(31-23)24-19(26)5-4-12-29-24/h4-12,14,18H,3,13H2,1-2H3,(H3,27,28)(H,30,31,33). The van der Waals surface area contributed by atoms with Gasteiger partial charge in [-0.2, -0.15) is 4.68 Å². The molecule has 1 atom stereocenters. The second-order valence-corrected chi connectivity index (χ2v) is 7.75. The smallest absolute Gasteiger partial charge is 0.349 e. The Morgan fingerprint density at radius 2 is 1.97 bits per heavy atom. The third-order valence-electron chi connectivity index (χ3n) is 5.50. The van der Waals surface area contributed by atoms with E-state index in [1.807, 2.05) is 31.2 Å². The fourth-order valence-electron chi connectivity index (χ4n) is 3.78. The molecule has 0 aliphatic carbocycles. The molecular weight excluding hydrogens is 451 g/mol. The van der Waals surface area contributed by atoms with Crippen LogP contribution in [0.15, 0.2) is 65.6 Å². The first-order valence-corrected chi connectivity index (χ1v) is 11.0. The minimum atomic E-state index is -0.660. The molecule has 0 aliphatic heterocycles. The number of nitrogen functional groups attached to an aromatic ring is 1. The first-order chi connectivity index (χ1) is 16.9. The molecule has 0 fully saturated rings. The van der Waals surface area contributed by atoms with Crippen molar-refractivity contribution in [2.75, 3.05) is 13.7 Å². The summed E-state index contributed by atoms with van der Waals surface area (Å²) in [5.74, 6) is 0.190. The number of ether oxygens (including phenoxy) is 2. The van der Waals surface area contributed by atoms with Crippen molar-refractivity contribution in [2.45, 2.75) is 19.3 Å². The Hall–Kier alpha value is -4.47. The number of hydrogen-bond donors (Lipinski definition) is 3. The predicted molar refractivity (Wildman–Crippen MR) is 129 cm³/mol. The molecule has 180 valence electrons. The number of nitrogens with zero attached hydrogens (tertiary/aromatic N) is 3. The van der Waals surface area contributed by atoms with Crippen molar-refractivity contribution in [3.05, 3.63) is 99.6 Å². The van der Waals surface area contributed by atoms with Gasteiger partial charge in [0.1, 0.15) is 11.7 Å². The Balaban J connectivity index is 1.80. The number of aromatic nitrogens is 4. The fraction of sp³-hybridized carbons (Fsp3) is 0.200. The molecule has 2 aromatic heterocycles. The molecule has 4 rings (SSSR count). The van der Waals surface area contributed by atoms with Crippen molar-refractivity contribution >= 4 is 5.84 Å². The van der Waals surface area contributed by atoms with E-state index in [0.29, 0.717) is 35.9 Å². The molecular formula is C25H25FN6O3. The molecule has 0 spiro atoms. The van der Waals surface area contributed by atoms with Gasteiger partial charge in [-0.1, -0.05) is 30.3 Å². The van der Waals surface area contributed by atoms with Crippen LogP contribution in [0.3, 0.4) is 0 Å². The van der Waals surface area contributed by atoms with Gasteiger partial charge in [-0.05, 0) is 48.7 Å². The van der Waals surface area contributed by atoms with Crippen molar-refractivity contribution in [2.24, 2.45) is 5.73 Å². The quantitative estimate of drug-likeness (QED) is 0.251. The van der Waals surface area contributed by atoms with E-state index in [2.05, 4.69) is 15.1 Å². The van der Waals surface area contributed by atoms with Crippen LogP contribution in [0.4, 0.5) is 4.39 Å². The number of H-pyrrole nitrogens is 1. The average molecular weight is 477 g/mol. The number of halogens is 1. The summed E-state index contributed by atoms with van der Waals surface area (Å²) in [5.41, 5.74) is 7.32. The lowest BCUT2D eigenvalue weighted by Gasteiger charge is -2.18. The van der Waals surface area contributed by atoms with Gasteiger partial charge < -0.3 is 15.2 Å². The zero-order valence-electron chi connectivity index (χ0n) is 19.3. The van der Waals surface area contributed by atoms with E-state index in [0.717, 1.165) is 15.8 Å². The molecule has 0 saturated heterocycles. The first-order valence-electron chi connectivity index (χ1n) is 11.0. The van der Waals surface area contributed by atoms with E-state index in [1.165, 1.54) is 18.3 Å². The number of aromatic amines is 1. The van der Waals surface area contributed by atoms with Gasteiger partial charge in [0.25, 0.3) is 0 Å². The van der Waals surface area contributed by atoms with Crippen LogP contribution in [0.25, 0.3) is 5.82 Å². The van der Waals surface area contributed by atoms with Crippen LogP contribution >= 0.6 is 0 Å². The molecule has 0 aliphatic rings. The number of pyridine rings is 1. The number of amidine groups is 1. The molecule has 4 N–H and O–H groups in total. The van der Waals surface area contributed by atoms with Crippen LogP contribution in [0.2, 0.25) is 0 Å². The van der Waals surface area contributed by atoms with Gasteiger partial charge in [0.05, 0.1) is 13.7 Å². The molecule has 0 radical (unpaired) electrons. The molecule has 9 nitrogen and oxygen atoms in total. The van der Waals surface area contributed by atoms with E-state index in [-0.39, 0.29) is 11.7 Å². The maximum atomic E-state index is 14.3. The fourth-order valence-corrected chi connectivity index (χ4v) is 3.78. The van der Waals surface area contributed by atoms with Crippen molar-refractivity contribution < 1.29 is 13.9 Å². The summed E-state index contributed by atoms with van der Waals surface area (Å²) >= 11 is 0. The van der Waals surface area contributed by atoms with Gasteiger partial charge in [-0.15, -0.1) is 5.10 Å². The summed E-state index contributed by atoms with van der Waals surface area (Å²) in [6.45, 7) is 2.32. The summed E-state index contributed by atoms with van der Waals surface area (Å²) in [4.78, 5) is 19.5. The summed E-state index contributed by atoms with van der Waals surface area (Å²) in [7, 11) is 1.56. The Bertz CT molecular complexity index is 1400. The SMILES string of the molecule is CCOc1cc(C(Cc2ccc(C(=N)N)cc2)c2nn(-c3ncccc3F)c(=O)[nH]2)ccc1OC. The highest BCUT2D eigenvalue weighted by Gasteiger charge is 2.23. The molecule has 35 heavy (non-hydrogen) atoms. The second kappa shape index (κ2) is 10.2. The molecule has 0 bridgehead atoms. The van der Waals surface area contributed by atoms with Crippen molar-refractivity contribution in [3.8, 4) is 17.3 Å². The number of nitrogens with two attached hydrogens (primary N) is 1. The number of benzene rings is 2. The molecule has 4 aromatic rings. The lowest BCUT2D eigenvalue weighted by molar-refractivity contribution is 0.310. The van der Waals surface area contributed by atoms with Gasteiger partial charge in [-0.3, -0.25) is 10.4 Å². The highest BCUT2D eigenvalue weighted by molar-refractivity contribution is 5.94. The number of methoxy groups -OCH3 is 1. The Kier molecular flexibility index (Phi) is 6.91. The summed E-state index contributed by atoms with van der Waals surface area (Å²) < 4.78 is 26.4. The molecule has 2 heterocycles. The van der Waals surface area contributed by atoms with E-state index >= 15 is 0 Å². The average Bonchev–Trinajstić information content (AvgIpc) is 3.24. The molecule has 0 amide bonds. The molecule has 10 heteroatoms. The highest BCUT2D eigenvalue weighted by atomic mass is 19.1. The van der Waals surface area contributed by atoms with Crippen LogP contribution in [-0.4, -0.2) is 39.3 Å². The lowest BCUT2D eigenvalue weighted by Crippen LogP contribution is -2.18. The topological polar surface area (TPSA) is 132 Å². The summed E-state index contributed by atoms with van der Waals surface area (Å²) in [5, 5.41) is 12.0. The zero-order valence-corrected chi connectivity index (χ0v) is 19.3. The normalized spacial score (nSPS) is 11.7. The lowest BCUT2D eigenvalue weighted by atomic mass is 9.90. The summed E-state index contributed by atoms with van der Waals surface area (Å²) in [6, 6.07) is 15.4. The Morgan fingerprint density at radius 1 is 1.20 bits per heavy atom. The monoisotopic (exact) mass is 476 g/mol. The predicted octanol–water partition coefficient (Wildman–Crippen LogP) is 3.16. The Labute approximate surface area is 200 Å². The van der Waals surface area contributed by atoms with Gasteiger partial charge in [-0.25, -0.2) is 14.2 Å². The second-order valence-electron chi connectivity index (χ2n) is 7.75. The maximum absolute atomic E-state index is 14.3.